The van der Waals surface area contributed by atoms with Gasteiger partial charge in [-0.1, -0.05) is 84.1 Å². The maximum atomic E-state index is 10.1. The Kier molecular flexibility index (Phi) is 42.8. The van der Waals surface area contributed by atoms with E-state index in [2.05, 4.69) is 20.4 Å². The Labute approximate surface area is 190 Å². The van der Waals surface area contributed by atoms with E-state index in [0.29, 0.717) is 12.8 Å². The van der Waals surface area contributed by atoms with Gasteiger partial charge in [0.25, 0.3) is 0 Å². The van der Waals surface area contributed by atoms with E-state index < -0.39 is 18.0 Å². The number of aliphatic hydroxyl groups excluding tert-OH is 3. The highest BCUT2D eigenvalue weighted by molar-refractivity contribution is 5.66. The van der Waals surface area contributed by atoms with Crippen molar-refractivity contribution in [3.8, 4) is 0 Å². The zero-order valence-electron chi connectivity index (χ0n) is 20.2. The van der Waals surface area contributed by atoms with Crippen LogP contribution in [-0.4, -0.2) is 56.8 Å². The molecule has 0 atom stereocenters. The Morgan fingerprint density at radius 3 is 1.16 bits per heavy atom. The van der Waals surface area contributed by atoms with Gasteiger partial charge in [-0.2, -0.15) is 0 Å². The molecule has 0 saturated heterocycles. The van der Waals surface area contributed by atoms with E-state index in [-0.39, 0.29) is 13.2 Å². The Morgan fingerprint density at radius 2 is 0.968 bits per heavy atom. The van der Waals surface area contributed by atoms with Gasteiger partial charge in [0.1, 0.15) is 6.10 Å². The van der Waals surface area contributed by atoms with Gasteiger partial charge in [-0.3, -0.25) is 9.59 Å². The molecule has 0 aromatic heterocycles. The monoisotopic (exact) mass is 450 g/mol. The van der Waals surface area contributed by atoms with E-state index in [9.17, 15) is 9.59 Å². The fourth-order valence-corrected chi connectivity index (χ4v) is 2.17. The van der Waals surface area contributed by atoms with E-state index in [1.165, 1.54) is 51.4 Å². The predicted octanol–water partition coefficient (Wildman–Crippen LogP) is 5.17. The third-order valence-electron chi connectivity index (χ3n) is 3.91. The highest BCUT2D eigenvalue weighted by Gasteiger charge is 1.96. The average molecular weight is 451 g/mol. The molecule has 188 valence electrons. The quantitative estimate of drug-likeness (QED) is 0.162. The Morgan fingerprint density at radius 1 is 0.710 bits per heavy atom. The van der Waals surface area contributed by atoms with Crippen LogP contribution in [0, 0.1) is 0 Å². The molecule has 0 heterocycles. The molecule has 0 aliphatic heterocycles. The summed E-state index contributed by atoms with van der Waals surface area (Å²) in [5.41, 5.74) is 0. The molecule has 0 radical (unpaired) electrons. The number of carboxylic acid groups (broad SMARTS) is 2. The first kappa shape index (κ1) is 36.9. The average Bonchev–Trinajstić information content (AvgIpc) is 2.73. The first-order valence-electron chi connectivity index (χ1n) is 11.7. The molecule has 0 aromatic rings. The van der Waals surface area contributed by atoms with Crippen LogP contribution >= 0.6 is 0 Å². The molecule has 0 rings (SSSR count). The molecule has 5 N–H and O–H groups in total. The van der Waals surface area contributed by atoms with Crippen LogP contribution in [0.3, 0.4) is 0 Å². The Balaban J connectivity index is -0.000000173. The summed E-state index contributed by atoms with van der Waals surface area (Å²) in [7, 11) is 0. The number of rotatable bonds is 16. The fraction of sp³-hybridized carbons (Fsp3) is 0.833. The Bertz CT molecular complexity index is 356. The van der Waals surface area contributed by atoms with Crippen molar-refractivity contribution in [2.24, 2.45) is 0 Å². The molecule has 0 aromatic carbocycles. The lowest BCUT2D eigenvalue weighted by molar-refractivity contribution is -0.138. The summed E-state index contributed by atoms with van der Waals surface area (Å²) in [6.45, 7) is 8.87. The second-order valence-corrected chi connectivity index (χ2v) is 7.25. The third kappa shape index (κ3) is 58.5. The van der Waals surface area contributed by atoms with Crippen molar-refractivity contribution in [2.45, 2.75) is 117 Å². The van der Waals surface area contributed by atoms with Gasteiger partial charge in [0, 0.05) is 12.8 Å². The molecule has 7 heteroatoms. The van der Waals surface area contributed by atoms with Crippen LogP contribution in [0.2, 0.25) is 0 Å². The second kappa shape index (κ2) is 36.0. The fourth-order valence-electron chi connectivity index (χ4n) is 2.17. The first-order valence-corrected chi connectivity index (χ1v) is 11.7. The number of aliphatic hydroxyl groups is 3. The molecule has 0 bridgehead atoms. The van der Waals surface area contributed by atoms with Crippen molar-refractivity contribution in [1.29, 1.82) is 0 Å². The number of aliphatic carboxylic acids is 2. The van der Waals surface area contributed by atoms with Crippen LogP contribution in [0.25, 0.3) is 0 Å². The SMILES string of the molecule is C=CC.CCCCCCCC(=O)O.CCCCCCCCCC(=O)O.OCC(O)CO. The number of carbonyl (C=O) groups is 2. The smallest absolute Gasteiger partial charge is 0.303 e. The lowest BCUT2D eigenvalue weighted by Gasteiger charge is -1.98. The van der Waals surface area contributed by atoms with E-state index in [1.54, 1.807) is 6.08 Å². The molecule has 0 spiro atoms. The second-order valence-electron chi connectivity index (χ2n) is 7.25. The van der Waals surface area contributed by atoms with Crippen molar-refractivity contribution >= 4 is 11.9 Å². The van der Waals surface area contributed by atoms with Gasteiger partial charge >= 0.3 is 11.9 Å². The van der Waals surface area contributed by atoms with Crippen LogP contribution < -0.4 is 0 Å². The predicted molar refractivity (Wildman–Crippen MR) is 127 cm³/mol. The minimum atomic E-state index is -0.954. The number of allylic oxidation sites excluding steroid dienone is 1. The van der Waals surface area contributed by atoms with Crippen LogP contribution in [0.15, 0.2) is 12.7 Å². The minimum absolute atomic E-state index is 0.337. The zero-order valence-corrected chi connectivity index (χ0v) is 20.2. The van der Waals surface area contributed by atoms with Gasteiger partial charge in [-0.15, -0.1) is 6.58 Å². The van der Waals surface area contributed by atoms with Crippen LogP contribution in [-0.2, 0) is 9.59 Å². The summed E-state index contributed by atoms with van der Waals surface area (Å²) in [5, 5.41) is 40.6. The molecule has 0 saturated carbocycles. The normalized spacial score (nSPS) is 9.39. The molecular weight excluding hydrogens is 400 g/mol. The molecular formula is C24H50O7. The van der Waals surface area contributed by atoms with Gasteiger partial charge in [0.2, 0.25) is 0 Å². The highest BCUT2D eigenvalue weighted by Crippen LogP contribution is 2.08. The van der Waals surface area contributed by atoms with Crippen LogP contribution in [0.4, 0.5) is 0 Å². The molecule has 0 aliphatic carbocycles. The third-order valence-corrected chi connectivity index (χ3v) is 3.91. The summed E-state index contributed by atoms with van der Waals surface area (Å²) < 4.78 is 0. The lowest BCUT2D eigenvalue weighted by Crippen LogP contribution is -2.15. The summed E-state index contributed by atoms with van der Waals surface area (Å²) in [5.74, 6) is -1.33. The van der Waals surface area contributed by atoms with Crippen LogP contribution in [0.5, 0.6) is 0 Å². The number of carboxylic acids is 2. The van der Waals surface area contributed by atoms with E-state index in [1.807, 2.05) is 6.92 Å². The number of hydrogen-bond donors (Lipinski definition) is 5. The van der Waals surface area contributed by atoms with Gasteiger partial charge in [-0.05, 0) is 19.8 Å². The highest BCUT2D eigenvalue weighted by atomic mass is 16.4. The van der Waals surface area contributed by atoms with E-state index >= 15 is 0 Å². The minimum Gasteiger partial charge on any atom is -0.481 e. The number of hydrogen-bond acceptors (Lipinski definition) is 5. The molecule has 31 heavy (non-hydrogen) atoms. The van der Waals surface area contributed by atoms with Crippen molar-refractivity contribution in [1.82, 2.24) is 0 Å². The summed E-state index contributed by atoms with van der Waals surface area (Å²) >= 11 is 0. The zero-order chi connectivity index (χ0) is 24.8. The van der Waals surface area contributed by atoms with E-state index in [0.717, 1.165) is 25.7 Å². The lowest BCUT2D eigenvalue weighted by atomic mass is 10.1. The summed E-state index contributed by atoms with van der Waals surface area (Å²) in [6, 6.07) is 0. The van der Waals surface area contributed by atoms with Gasteiger partial charge in [0.05, 0.1) is 13.2 Å². The molecule has 0 fully saturated rings. The maximum absolute atomic E-state index is 10.1. The van der Waals surface area contributed by atoms with Gasteiger partial charge < -0.3 is 25.5 Å². The van der Waals surface area contributed by atoms with Gasteiger partial charge in [-0.25, -0.2) is 0 Å². The Hall–Kier alpha value is -1.44. The maximum Gasteiger partial charge on any atom is 0.303 e. The largest absolute Gasteiger partial charge is 0.481 e. The molecule has 7 nitrogen and oxygen atoms in total. The standard InChI is InChI=1S/C10H20O2.C8H16O2.C3H8O3.C3H6/c1-2-3-4-5-6-7-8-9-10(11)12;1-2-3-4-5-6-7-8(9)10;4-1-3(6)2-5;1-3-2/h2-9H2,1H3,(H,11,12);2-7H2,1H3,(H,9,10);3-6H,1-2H2;3H,1H2,2H3. The number of unbranched alkanes of at least 4 members (excludes halogenated alkanes) is 10. The van der Waals surface area contributed by atoms with Crippen molar-refractivity contribution in [2.75, 3.05) is 13.2 Å². The molecule has 0 unspecified atom stereocenters. The van der Waals surface area contributed by atoms with Crippen molar-refractivity contribution in [3.63, 3.8) is 0 Å². The van der Waals surface area contributed by atoms with Crippen molar-refractivity contribution < 1.29 is 35.1 Å². The molecule has 0 amide bonds. The van der Waals surface area contributed by atoms with Crippen LogP contribution in [0.1, 0.15) is 111 Å². The molecule has 0 aliphatic rings. The summed E-state index contributed by atoms with van der Waals surface area (Å²) in [4.78, 5) is 20.2. The first-order chi connectivity index (χ1) is 14.8. The van der Waals surface area contributed by atoms with Crippen molar-refractivity contribution in [3.05, 3.63) is 12.7 Å². The van der Waals surface area contributed by atoms with Gasteiger partial charge in [0.15, 0.2) is 0 Å². The topological polar surface area (TPSA) is 135 Å². The van der Waals surface area contributed by atoms with E-state index in [4.69, 9.17) is 25.5 Å². The summed E-state index contributed by atoms with van der Waals surface area (Å²) in [6.07, 6.45) is 15.3.